The molecule has 1 aromatic carbocycles. The third-order valence-electron chi connectivity index (χ3n) is 2.61. The largest absolute Gasteiger partial charge is 0.507 e. The van der Waals surface area contributed by atoms with Gasteiger partial charge in [-0.2, -0.15) is 0 Å². The molecule has 19 heavy (non-hydrogen) atoms. The van der Waals surface area contributed by atoms with E-state index < -0.39 is 11.7 Å². The van der Waals surface area contributed by atoms with Crippen molar-refractivity contribution in [2.45, 2.75) is 20.3 Å². The van der Waals surface area contributed by atoms with Gasteiger partial charge < -0.3 is 15.5 Å². The minimum absolute atomic E-state index is 0.0993. The number of allylic oxidation sites excluding steroid dienone is 1. The predicted molar refractivity (Wildman–Crippen MR) is 73.0 cm³/mol. The van der Waals surface area contributed by atoms with Gasteiger partial charge in [-0.25, -0.2) is 4.79 Å². The lowest BCUT2D eigenvalue weighted by Gasteiger charge is -2.17. The van der Waals surface area contributed by atoms with E-state index in [4.69, 9.17) is 16.7 Å². The summed E-state index contributed by atoms with van der Waals surface area (Å²) in [7, 11) is 0. The first kappa shape index (κ1) is 15.0. The second kappa shape index (κ2) is 5.75. The van der Waals surface area contributed by atoms with Gasteiger partial charge in [0.1, 0.15) is 11.3 Å². The summed E-state index contributed by atoms with van der Waals surface area (Å²) in [5.74, 6) is -2.05. The summed E-state index contributed by atoms with van der Waals surface area (Å²) in [6.07, 6.45) is 1.67. The van der Waals surface area contributed by atoms with Gasteiger partial charge in [0.2, 0.25) is 5.91 Å². The van der Waals surface area contributed by atoms with Gasteiger partial charge in [-0.15, -0.1) is 6.58 Å². The van der Waals surface area contributed by atoms with E-state index in [1.807, 2.05) is 0 Å². The number of carboxylic acids is 1. The van der Waals surface area contributed by atoms with Gasteiger partial charge in [-0.05, 0) is 18.9 Å². The maximum absolute atomic E-state index is 11.2. The number of amides is 1. The lowest BCUT2D eigenvalue weighted by molar-refractivity contribution is -0.114. The number of benzene rings is 1. The maximum atomic E-state index is 11.2. The van der Waals surface area contributed by atoms with Gasteiger partial charge in [0.05, 0.1) is 10.7 Å². The van der Waals surface area contributed by atoms with Crippen LogP contribution in [-0.2, 0) is 11.2 Å². The molecule has 3 N–H and O–H groups in total. The zero-order chi connectivity index (χ0) is 14.7. The minimum Gasteiger partial charge on any atom is -0.507 e. The van der Waals surface area contributed by atoms with Gasteiger partial charge in [0, 0.05) is 12.5 Å². The molecule has 0 radical (unpaired) electrons. The van der Waals surface area contributed by atoms with Crippen molar-refractivity contribution in [2.75, 3.05) is 5.32 Å². The van der Waals surface area contributed by atoms with Crippen LogP contribution >= 0.6 is 11.6 Å². The van der Waals surface area contributed by atoms with Crippen LogP contribution in [-0.4, -0.2) is 22.1 Å². The topological polar surface area (TPSA) is 86.6 Å². The molecule has 0 aromatic heterocycles. The molecule has 0 aliphatic carbocycles. The number of hydrogen-bond donors (Lipinski definition) is 3. The van der Waals surface area contributed by atoms with Gasteiger partial charge in [-0.1, -0.05) is 17.7 Å². The van der Waals surface area contributed by atoms with Crippen molar-refractivity contribution in [3.63, 3.8) is 0 Å². The summed E-state index contributed by atoms with van der Waals surface area (Å²) in [5, 5.41) is 21.8. The molecular weight excluding hydrogens is 270 g/mol. The molecule has 0 atom stereocenters. The summed E-state index contributed by atoms with van der Waals surface area (Å²) in [6.45, 7) is 6.29. The number of carbonyl (C=O) groups is 2. The fourth-order valence-corrected chi connectivity index (χ4v) is 2.04. The van der Waals surface area contributed by atoms with E-state index in [2.05, 4.69) is 11.9 Å². The maximum Gasteiger partial charge on any atom is 0.339 e. The van der Waals surface area contributed by atoms with E-state index in [9.17, 15) is 14.7 Å². The first-order valence-electron chi connectivity index (χ1n) is 5.46. The first-order chi connectivity index (χ1) is 8.81. The first-order valence-corrected chi connectivity index (χ1v) is 5.84. The fraction of sp³-hybridized carbons (Fsp3) is 0.231. The highest BCUT2D eigenvalue weighted by Gasteiger charge is 2.24. The summed E-state index contributed by atoms with van der Waals surface area (Å²) in [5.41, 5.74) is 0.381. The zero-order valence-corrected chi connectivity index (χ0v) is 11.3. The third kappa shape index (κ3) is 2.88. The Balaban J connectivity index is 3.67. The molecule has 0 spiro atoms. The number of anilines is 1. The van der Waals surface area contributed by atoms with Crippen LogP contribution in [0.2, 0.25) is 5.02 Å². The molecule has 0 saturated heterocycles. The van der Waals surface area contributed by atoms with E-state index in [0.29, 0.717) is 0 Å². The second-order valence-corrected chi connectivity index (χ2v) is 4.37. The number of hydrogen-bond acceptors (Lipinski definition) is 3. The molecule has 0 heterocycles. The zero-order valence-electron chi connectivity index (χ0n) is 10.6. The van der Waals surface area contributed by atoms with Gasteiger partial charge in [0.25, 0.3) is 0 Å². The fourth-order valence-electron chi connectivity index (χ4n) is 1.79. The number of rotatable bonds is 4. The van der Waals surface area contributed by atoms with Crippen molar-refractivity contribution in [1.82, 2.24) is 0 Å². The van der Waals surface area contributed by atoms with Crippen LogP contribution < -0.4 is 5.32 Å². The lowest BCUT2D eigenvalue weighted by atomic mass is 9.98. The molecule has 0 unspecified atom stereocenters. The Morgan fingerprint density at radius 1 is 1.47 bits per heavy atom. The van der Waals surface area contributed by atoms with Crippen molar-refractivity contribution >= 4 is 29.2 Å². The molecule has 1 aromatic rings. The normalized spacial score (nSPS) is 10.1. The summed E-state index contributed by atoms with van der Waals surface area (Å²) in [6, 6.07) is 0. The number of aromatic carboxylic acids is 1. The summed E-state index contributed by atoms with van der Waals surface area (Å²) in [4.78, 5) is 22.3. The van der Waals surface area contributed by atoms with Crippen molar-refractivity contribution in [3.8, 4) is 5.75 Å². The van der Waals surface area contributed by atoms with E-state index >= 15 is 0 Å². The monoisotopic (exact) mass is 283 g/mol. The van der Waals surface area contributed by atoms with Gasteiger partial charge in [0.15, 0.2) is 0 Å². The Morgan fingerprint density at radius 3 is 2.47 bits per heavy atom. The highest BCUT2D eigenvalue weighted by molar-refractivity contribution is 6.35. The van der Waals surface area contributed by atoms with Crippen LogP contribution in [0.5, 0.6) is 5.75 Å². The van der Waals surface area contributed by atoms with E-state index in [-0.39, 0.29) is 39.7 Å². The average molecular weight is 284 g/mol. The van der Waals surface area contributed by atoms with Crippen LogP contribution in [0.15, 0.2) is 12.7 Å². The summed E-state index contributed by atoms with van der Waals surface area (Å²) < 4.78 is 0. The molecule has 5 nitrogen and oxygen atoms in total. The van der Waals surface area contributed by atoms with Crippen molar-refractivity contribution < 1.29 is 19.8 Å². The molecule has 0 aliphatic rings. The van der Waals surface area contributed by atoms with Crippen LogP contribution in [0, 0.1) is 6.92 Å². The Labute approximate surface area is 115 Å². The van der Waals surface area contributed by atoms with Crippen molar-refractivity contribution in [1.29, 1.82) is 0 Å². The van der Waals surface area contributed by atoms with E-state index in [0.717, 1.165) is 0 Å². The number of nitrogens with one attached hydrogen (secondary N) is 1. The Hall–Kier alpha value is -2.01. The van der Waals surface area contributed by atoms with E-state index in [1.54, 1.807) is 0 Å². The number of halogens is 1. The van der Waals surface area contributed by atoms with Crippen LogP contribution in [0.1, 0.15) is 28.4 Å². The van der Waals surface area contributed by atoms with Crippen LogP contribution in [0.4, 0.5) is 5.69 Å². The molecule has 0 aliphatic heterocycles. The molecular formula is C13H14ClNO4. The quantitative estimate of drug-likeness (QED) is 0.742. The number of phenols is 1. The SMILES string of the molecule is C=CCc1c(O)c(C(=O)O)c(C)c(Cl)c1NC(C)=O. The molecule has 0 fully saturated rings. The predicted octanol–water partition coefficient (Wildman–Crippen LogP) is 2.74. The van der Waals surface area contributed by atoms with Crippen LogP contribution in [0.3, 0.4) is 0 Å². The van der Waals surface area contributed by atoms with Crippen molar-refractivity contribution in [2.24, 2.45) is 0 Å². The smallest absolute Gasteiger partial charge is 0.339 e. The second-order valence-electron chi connectivity index (χ2n) is 4.00. The Kier molecular flexibility index (Phi) is 4.56. The average Bonchev–Trinajstić information content (AvgIpc) is 2.30. The molecule has 102 valence electrons. The Bertz CT molecular complexity index is 566. The Morgan fingerprint density at radius 2 is 2.05 bits per heavy atom. The molecule has 0 saturated carbocycles. The highest BCUT2D eigenvalue weighted by atomic mass is 35.5. The molecule has 1 rings (SSSR count). The third-order valence-corrected chi connectivity index (χ3v) is 3.08. The lowest BCUT2D eigenvalue weighted by Crippen LogP contribution is -2.12. The number of carboxylic acid groups (broad SMARTS) is 1. The number of carbonyl (C=O) groups excluding carboxylic acids is 1. The van der Waals surface area contributed by atoms with Gasteiger partial charge >= 0.3 is 5.97 Å². The van der Waals surface area contributed by atoms with Gasteiger partial charge in [-0.3, -0.25) is 4.79 Å². The van der Waals surface area contributed by atoms with E-state index in [1.165, 1.54) is 19.9 Å². The molecule has 0 bridgehead atoms. The molecule has 6 heteroatoms. The highest BCUT2D eigenvalue weighted by Crippen LogP contribution is 2.40. The minimum atomic E-state index is -1.28. The van der Waals surface area contributed by atoms with Crippen molar-refractivity contribution in [3.05, 3.63) is 34.4 Å². The number of aromatic hydroxyl groups is 1. The standard InChI is InChI=1S/C13H14ClNO4/c1-4-5-8-11(15-7(3)16)10(14)6(2)9(12(8)17)13(18)19/h4,17H,1,5H2,2-3H3,(H,15,16)(H,18,19). The molecule has 1 amide bonds. The summed E-state index contributed by atoms with van der Waals surface area (Å²) >= 11 is 6.08. The van der Waals surface area contributed by atoms with Crippen LogP contribution in [0.25, 0.3) is 0 Å².